The number of anilines is 2. The molecule has 1 aromatic heterocycles. The third-order valence-electron chi connectivity index (χ3n) is 2.76. The molecule has 4 heteroatoms. The maximum Gasteiger partial charge on any atom is 0.195 e. The fourth-order valence-corrected chi connectivity index (χ4v) is 1.63. The molecule has 0 fully saturated rings. The van der Waals surface area contributed by atoms with Crippen molar-refractivity contribution in [2.75, 3.05) is 38.0 Å². The first-order valence-electron chi connectivity index (χ1n) is 6.15. The van der Waals surface area contributed by atoms with E-state index in [9.17, 15) is 0 Å². The van der Waals surface area contributed by atoms with E-state index in [0.717, 1.165) is 23.0 Å². The van der Waals surface area contributed by atoms with Crippen molar-refractivity contribution in [2.24, 2.45) is 4.99 Å². The van der Waals surface area contributed by atoms with Gasteiger partial charge in [-0.05, 0) is 30.3 Å². The lowest BCUT2D eigenvalue weighted by molar-refractivity contribution is 0.558. The van der Waals surface area contributed by atoms with Crippen molar-refractivity contribution in [3.63, 3.8) is 0 Å². The van der Waals surface area contributed by atoms with Crippen LogP contribution in [-0.4, -0.2) is 34.4 Å². The van der Waals surface area contributed by atoms with Crippen molar-refractivity contribution in [2.45, 2.75) is 0 Å². The Morgan fingerprint density at radius 2 is 1.58 bits per heavy atom. The molecule has 2 aromatic rings. The van der Waals surface area contributed by atoms with E-state index in [-0.39, 0.29) is 0 Å². The predicted octanol–water partition coefficient (Wildman–Crippen LogP) is 3.16. The van der Waals surface area contributed by atoms with Gasteiger partial charge in [0.25, 0.3) is 0 Å². The Kier molecular flexibility index (Phi) is 3.90. The Balaban J connectivity index is 2.09. The van der Waals surface area contributed by atoms with Gasteiger partial charge in [-0.25, -0.2) is 0 Å². The van der Waals surface area contributed by atoms with Gasteiger partial charge < -0.3 is 14.2 Å². The lowest BCUT2D eigenvalue weighted by atomic mass is 10.3. The van der Waals surface area contributed by atoms with Crippen molar-refractivity contribution in [1.29, 1.82) is 0 Å². The van der Waals surface area contributed by atoms with Crippen LogP contribution in [0.5, 0.6) is 0 Å². The number of hydrogen-bond acceptors (Lipinski definition) is 4. The van der Waals surface area contributed by atoms with E-state index in [1.807, 2.05) is 69.5 Å². The van der Waals surface area contributed by atoms with Gasteiger partial charge in [0, 0.05) is 39.9 Å². The van der Waals surface area contributed by atoms with Crippen LogP contribution in [0.1, 0.15) is 5.76 Å². The largest absolute Gasteiger partial charge is 0.440 e. The van der Waals surface area contributed by atoms with E-state index in [4.69, 9.17) is 4.42 Å². The zero-order valence-corrected chi connectivity index (χ0v) is 11.8. The van der Waals surface area contributed by atoms with Crippen molar-refractivity contribution in [3.05, 3.63) is 42.2 Å². The molecule has 0 atom stereocenters. The second-order valence-electron chi connectivity index (χ2n) is 4.74. The van der Waals surface area contributed by atoms with Crippen LogP contribution in [0.25, 0.3) is 0 Å². The molecule has 0 saturated carbocycles. The molecule has 1 aromatic carbocycles. The zero-order chi connectivity index (χ0) is 13.8. The van der Waals surface area contributed by atoms with E-state index < -0.39 is 0 Å². The normalized spacial score (nSPS) is 10.9. The molecule has 2 rings (SSSR count). The van der Waals surface area contributed by atoms with Gasteiger partial charge in [-0.2, -0.15) is 0 Å². The zero-order valence-electron chi connectivity index (χ0n) is 11.8. The number of furan rings is 1. The van der Waals surface area contributed by atoms with Gasteiger partial charge in [0.15, 0.2) is 5.88 Å². The maximum atomic E-state index is 5.60. The smallest absolute Gasteiger partial charge is 0.195 e. The van der Waals surface area contributed by atoms with Gasteiger partial charge in [0.1, 0.15) is 5.76 Å². The standard InChI is InChI=1S/C15H19N3O/c1-17(2)13-7-5-12(6-8-13)16-11-14-9-10-15(19-14)18(3)4/h5-11H,1-4H3. The van der Waals surface area contributed by atoms with Gasteiger partial charge in [-0.1, -0.05) is 0 Å². The molecule has 4 nitrogen and oxygen atoms in total. The Labute approximate surface area is 114 Å². The Morgan fingerprint density at radius 3 is 2.11 bits per heavy atom. The van der Waals surface area contributed by atoms with Crippen LogP contribution in [0.2, 0.25) is 0 Å². The summed E-state index contributed by atoms with van der Waals surface area (Å²) in [4.78, 5) is 8.37. The van der Waals surface area contributed by atoms with Crippen LogP contribution in [0.15, 0.2) is 45.8 Å². The third kappa shape index (κ3) is 3.37. The van der Waals surface area contributed by atoms with Crippen molar-refractivity contribution < 1.29 is 4.42 Å². The van der Waals surface area contributed by atoms with Crippen LogP contribution in [0.4, 0.5) is 17.3 Å². The average Bonchev–Trinajstić information content (AvgIpc) is 2.86. The quantitative estimate of drug-likeness (QED) is 0.789. The molecule has 0 bridgehead atoms. The summed E-state index contributed by atoms with van der Waals surface area (Å²) >= 11 is 0. The van der Waals surface area contributed by atoms with Gasteiger partial charge in [0.05, 0.1) is 11.9 Å². The van der Waals surface area contributed by atoms with Crippen LogP contribution >= 0.6 is 0 Å². The molecular weight excluding hydrogens is 238 g/mol. The monoisotopic (exact) mass is 257 g/mol. The SMILES string of the molecule is CN(C)c1ccc(N=Cc2ccc(N(C)C)o2)cc1. The van der Waals surface area contributed by atoms with E-state index in [1.54, 1.807) is 6.21 Å². The highest BCUT2D eigenvalue weighted by molar-refractivity contribution is 5.79. The number of nitrogens with zero attached hydrogens (tertiary/aromatic N) is 3. The van der Waals surface area contributed by atoms with E-state index in [1.165, 1.54) is 0 Å². The summed E-state index contributed by atoms with van der Waals surface area (Å²) in [6, 6.07) is 11.9. The highest BCUT2D eigenvalue weighted by Gasteiger charge is 2.01. The second-order valence-corrected chi connectivity index (χ2v) is 4.74. The summed E-state index contributed by atoms with van der Waals surface area (Å²) in [6.07, 6.45) is 1.73. The van der Waals surface area contributed by atoms with Gasteiger partial charge in [-0.15, -0.1) is 0 Å². The van der Waals surface area contributed by atoms with Crippen molar-refractivity contribution in [1.82, 2.24) is 0 Å². The van der Waals surface area contributed by atoms with E-state index in [2.05, 4.69) is 9.89 Å². The second kappa shape index (κ2) is 5.61. The molecule has 0 aliphatic heterocycles. The molecule has 0 radical (unpaired) electrons. The summed E-state index contributed by atoms with van der Waals surface area (Å²) in [6.45, 7) is 0. The molecule has 0 saturated heterocycles. The van der Waals surface area contributed by atoms with Gasteiger partial charge in [-0.3, -0.25) is 4.99 Å². The average molecular weight is 257 g/mol. The summed E-state index contributed by atoms with van der Waals surface area (Å²) in [5, 5.41) is 0. The molecule has 19 heavy (non-hydrogen) atoms. The Morgan fingerprint density at radius 1 is 0.895 bits per heavy atom. The van der Waals surface area contributed by atoms with Crippen LogP contribution in [-0.2, 0) is 0 Å². The van der Waals surface area contributed by atoms with Gasteiger partial charge in [0.2, 0.25) is 0 Å². The van der Waals surface area contributed by atoms with Crippen molar-refractivity contribution in [3.8, 4) is 0 Å². The molecule has 0 N–H and O–H groups in total. The number of aliphatic imine (C=N–C) groups is 1. The van der Waals surface area contributed by atoms with E-state index in [0.29, 0.717) is 0 Å². The molecular formula is C15H19N3O. The van der Waals surface area contributed by atoms with Crippen LogP contribution < -0.4 is 9.80 Å². The first-order valence-corrected chi connectivity index (χ1v) is 6.15. The molecule has 0 unspecified atom stereocenters. The Hall–Kier alpha value is -2.23. The first-order chi connectivity index (χ1) is 9.06. The summed E-state index contributed by atoms with van der Waals surface area (Å²) < 4.78 is 5.60. The third-order valence-corrected chi connectivity index (χ3v) is 2.76. The van der Waals surface area contributed by atoms with Crippen LogP contribution in [0, 0.1) is 0 Å². The topological polar surface area (TPSA) is 32.0 Å². The van der Waals surface area contributed by atoms with Gasteiger partial charge >= 0.3 is 0 Å². The fraction of sp³-hybridized carbons (Fsp3) is 0.267. The minimum atomic E-state index is 0.750. The minimum Gasteiger partial charge on any atom is -0.440 e. The molecule has 1 heterocycles. The van der Waals surface area contributed by atoms with E-state index >= 15 is 0 Å². The first kappa shape index (κ1) is 13.2. The highest BCUT2D eigenvalue weighted by Crippen LogP contribution is 2.19. The highest BCUT2D eigenvalue weighted by atomic mass is 16.4. The molecule has 0 spiro atoms. The summed E-state index contributed by atoms with van der Waals surface area (Å²) in [5.41, 5.74) is 2.07. The molecule has 0 aliphatic rings. The molecule has 100 valence electrons. The molecule has 0 amide bonds. The maximum absolute atomic E-state index is 5.60. The lowest BCUT2D eigenvalue weighted by Crippen LogP contribution is -2.07. The summed E-state index contributed by atoms with van der Waals surface area (Å²) in [7, 11) is 7.92. The van der Waals surface area contributed by atoms with Crippen LogP contribution in [0.3, 0.4) is 0 Å². The number of rotatable bonds is 4. The number of benzene rings is 1. The predicted molar refractivity (Wildman–Crippen MR) is 81.1 cm³/mol. The van der Waals surface area contributed by atoms with Crippen molar-refractivity contribution >= 4 is 23.5 Å². The Bertz CT molecular complexity index is 553. The number of hydrogen-bond donors (Lipinski definition) is 0. The fourth-order valence-electron chi connectivity index (χ4n) is 1.63. The minimum absolute atomic E-state index is 0.750. The lowest BCUT2D eigenvalue weighted by Gasteiger charge is -2.11. The summed E-state index contributed by atoms with van der Waals surface area (Å²) in [5.74, 6) is 1.57. The molecule has 0 aliphatic carbocycles.